The molecule has 0 radical (unpaired) electrons. The molecule has 0 N–H and O–H groups in total. The molecule has 0 aliphatic carbocycles. The fourth-order valence-corrected chi connectivity index (χ4v) is 2.34. The molecular formula is C21H16O4. The predicted octanol–water partition coefficient (Wildman–Crippen LogP) is 4.54. The van der Waals surface area contributed by atoms with Crippen molar-refractivity contribution in [3.63, 3.8) is 0 Å². The van der Waals surface area contributed by atoms with Gasteiger partial charge in [-0.25, -0.2) is 9.59 Å². The summed E-state index contributed by atoms with van der Waals surface area (Å²) in [5.74, 6) is -0.601. The second-order valence-electron chi connectivity index (χ2n) is 5.54. The lowest BCUT2D eigenvalue weighted by Crippen LogP contribution is -2.15. The molecule has 0 unspecified atom stereocenters. The van der Waals surface area contributed by atoms with E-state index >= 15 is 0 Å². The Morgan fingerprint density at radius 3 is 2.24 bits per heavy atom. The van der Waals surface area contributed by atoms with Crippen LogP contribution in [-0.2, 0) is 4.79 Å². The van der Waals surface area contributed by atoms with Crippen LogP contribution in [0.4, 0.5) is 0 Å². The summed E-state index contributed by atoms with van der Waals surface area (Å²) in [6, 6.07) is 19.4. The van der Waals surface area contributed by atoms with E-state index in [1.807, 2.05) is 24.3 Å². The maximum Gasteiger partial charge on any atom is 0.347 e. The van der Waals surface area contributed by atoms with Gasteiger partial charge >= 0.3 is 11.9 Å². The molecule has 25 heavy (non-hydrogen) atoms. The quantitative estimate of drug-likeness (QED) is 0.400. The van der Waals surface area contributed by atoms with Crippen LogP contribution in [0.1, 0.15) is 17.3 Å². The molecule has 0 fully saturated rings. The first kappa shape index (κ1) is 16.5. The molecule has 0 aromatic heterocycles. The molecule has 0 heterocycles. The number of hydrogen-bond donors (Lipinski definition) is 0. The number of hydrogen-bond acceptors (Lipinski definition) is 4. The average Bonchev–Trinajstić information content (AvgIpc) is 2.62. The third-order valence-corrected chi connectivity index (χ3v) is 3.60. The molecule has 0 saturated heterocycles. The first-order valence-electron chi connectivity index (χ1n) is 7.73. The van der Waals surface area contributed by atoms with Gasteiger partial charge in [-0.15, -0.1) is 0 Å². The van der Waals surface area contributed by atoms with Crippen LogP contribution in [0.3, 0.4) is 0 Å². The van der Waals surface area contributed by atoms with Gasteiger partial charge in [-0.3, -0.25) is 0 Å². The van der Waals surface area contributed by atoms with E-state index in [4.69, 9.17) is 9.47 Å². The molecule has 0 aliphatic rings. The first-order chi connectivity index (χ1) is 12.1. The summed E-state index contributed by atoms with van der Waals surface area (Å²) in [6.07, 6.45) is 0. The third kappa shape index (κ3) is 3.58. The maximum atomic E-state index is 12.6. The van der Waals surface area contributed by atoms with Crippen LogP contribution in [0.2, 0.25) is 0 Å². The molecule has 0 spiro atoms. The number of para-hydroxylation sites is 1. The fourth-order valence-electron chi connectivity index (χ4n) is 2.34. The Morgan fingerprint density at radius 1 is 0.840 bits per heavy atom. The number of fused-ring (bicyclic) bond motifs is 1. The highest BCUT2D eigenvalue weighted by Crippen LogP contribution is 2.31. The Labute approximate surface area is 145 Å². The van der Waals surface area contributed by atoms with Gasteiger partial charge in [0.2, 0.25) is 0 Å². The minimum Gasteiger partial charge on any atom is -0.423 e. The van der Waals surface area contributed by atoms with E-state index in [2.05, 4.69) is 6.58 Å². The van der Waals surface area contributed by atoms with Crippen LogP contribution in [-0.4, -0.2) is 11.9 Å². The van der Waals surface area contributed by atoms with Crippen molar-refractivity contribution in [1.29, 1.82) is 0 Å². The number of rotatable bonds is 4. The highest BCUT2D eigenvalue weighted by atomic mass is 16.5. The zero-order chi connectivity index (χ0) is 17.8. The largest absolute Gasteiger partial charge is 0.423 e. The summed E-state index contributed by atoms with van der Waals surface area (Å²) >= 11 is 0. The van der Waals surface area contributed by atoms with E-state index in [0.717, 1.165) is 5.39 Å². The molecule has 3 rings (SSSR count). The maximum absolute atomic E-state index is 12.6. The lowest BCUT2D eigenvalue weighted by molar-refractivity contribution is -0.130. The third-order valence-electron chi connectivity index (χ3n) is 3.60. The smallest absolute Gasteiger partial charge is 0.347 e. The topological polar surface area (TPSA) is 52.6 Å². The standard InChI is InChI=1S/C21H16O4/c1-14(2)20(22)25-19-17-11-7-6-8-15(17)12-13-18(19)21(23)24-16-9-4-3-5-10-16/h3-13H,1H2,2H3. The molecule has 3 aromatic carbocycles. The van der Waals surface area contributed by atoms with Crippen molar-refractivity contribution in [1.82, 2.24) is 0 Å². The summed E-state index contributed by atoms with van der Waals surface area (Å²) in [7, 11) is 0. The highest BCUT2D eigenvalue weighted by Gasteiger charge is 2.20. The molecule has 0 saturated carbocycles. The van der Waals surface area contributed by atoms with Gasteiger partial charge in [0, 0.05) is 11.0 Å². The summed E-state index contributed by atoms with van der Waals surface area (Å²) in [6.45, 7) is 5.13. The van der Waals surface area contributed by atoms with Crippen LogP contribution in [0, 0.1) is 0 Å². The van der Waals surface area contributed by atoms with Crippen molar-refractivity contribution >= 4 is 22.7 Å². The van der Waals surface area contributed by atoms with E-state index in [-0.39, 0.29) is 16.9 Å². The highest BCUT2D eigenvalue weighted by molar-refractivity contribution is 6.04. The summed E-state index contributed by atoms with van der Waals surface area (Å²) in [4.78, 5) is 24.6. The van der Waals surface area contributed by atoms with Gasteiger partial charge in [-0.05, 0) is 30.5 Å². The number of benzene rings is 3. The van der Waals surface area contributed by atoms with Crippen molar-refractivity contribution in [3.05, 3.63) is 84.4 Å². The monoisotopic (exact) mass is 332 g/mol. The van der Waals surface area contributed by atoms with Gasteiger partial charge in [0.1, 0.15) is 11.3 Å². The van der Waals surface area contributed by atoms with Crippen molar-refractivity contribution < 1.29 is 19.1 Å². The Bertz CT molecular complexity index is 958. The Morgan fingerprint density at radius 2 is 1.52 bits per heavy atom. The van der Waals surface area contributed by atoms with Crippen LogP contribution in [0.5, 0.6) is 11.5 Å². The summed E-state index contributed by atoms with van der Waals surface area (Å²) in [5, 5.41) is 1.50. The van der Waals surface area contributed by atoms with Gasteiger partial charge in [-0.1, -0.05) is 55.1 Å². The second-order valence-corrected chi connectivity index (χ2v) is 5.54. The molecular weight excluding hydrogens is 316 g/mol. The van der Waals surface area contributed by atoms with Crippen LogP contribution in [0.15, 0.2) is 78.9 Å². The molecule has 4 heteroatoms. The van der Waals surface area contributed by atoms with Crippen molar-refractivity contribution in [2.45, 2.75) is 6.92 Å². The van der Waals surface area contributed by atoms with E-state index < -0.39 is 11.9 Å². The summed E-state index contributed by atoms with van der Waals surface area (Å²) in [5.41, 5.74) is 0.424. The molecule has 0 amide bonds. The molecule has 3 aromatic rings. The average molecular weight is 332 g/mol. The number of ether oxygens (including phenoxy) is 2. The van der Waals surface area contributed by atoms with E-state index in [1.54, 1.807) is 49.4 Å². The number of carbonyl (C=O) groups excluding carboxylic acids is 2. The Balaban J connectivity index is 2.05. The van der Waals surface area contributed by atoms with Crippen LogP contribution < -0.4 is 9.47 Å². The van der Waals surface area contributed by atoms with Crippen molar-refractivity contribution in [2.24, 2.45) is 0 Å². The van der Waals surface area contributed by atoms with Gasteiger partial charge < -0.3 is 9.47 Å². The molecule has 0 aliphatic heterocycles. The molecule has 124 valence electrons. The molecule has 0 bridgehead atoms. The summed E-state index contributed by atoms with van der Waals surface area (Å²) < 4.78 is 10.8. The predicted molar refractivity (Wildman–Crippen MR) is 95.8 cm³/mol. The Hall–Kier alpha value is -3.40. The molecule has 0 atom stereocenters. The number of carbonyl (C=O) groups is 2. The minimum absolute atomic E-state index is 0.173. The van der Waals surface area contributed by atoms with Crippen molar-refractivity contribution in [2.75, 3.05) is 0 Å². The van der Waals surface area contributed by atoms with E-state index in [9.17, 15) is 9.59 Å². The normalized spacial score (nSPS) is 10.3. The van der Waals surface area contributed by atoms with Gasteiger partial charge in [0.05, 0.1) is 0 Å². The molecule has 4 nitrogen and oxygen atoms in total. The Kier molecular flexibility index (Phi) is 4.61. The SMILES string of the molecule is C=C(C)C(=O)Oc1c(C(=O)Oc2ccccc2)ccc2ccccc12. The zero-order valence-corrected chi connectivity index (χ0v) is 13.7. The lowest BCUT2D eigenvalue weighted by Gasteiger charge is -2.13. The van der Waals surface area contributed by atoms with Crippen LogP contribution >= 0.6 is 0 Å². The van der Waals surface area contributed by atoms with Crippen LogP contribution in [0.25, 0.3) is 10.8 Å². The first-order valence-corrected chi connectivity index (χ1v) is 7.73. The van der Waals surface area contributed by atoms with Gasteiger partial charge in [0.15, 0.2) is 5.75 Å². The number of esters is 2. The van der Waals surface area contributed by atoms with Crippen molar-refractivity contribution in [3.8, 4) is 11.5 Å². The van der Waals surface area contributed by atoms with Gasteiger partial charge in [0.25, 0.3) is 0 Å². The van der Waals surface area contributed by atoms with E-state index in [0.29, 0.717) is 11.1 Å². The second kappa shape index (κ2) is 7.01. The van der Waals surface area contributed by atoms with E-state index in [1.165, 1.54) is 0 Å². The zero-order valence-electron chi connectivity index (χ0n) is 13.7. The minimum atomic E-state index is -0.596. The fraction of sp³-hybridized carbons (Fsp3) is 0.0476. The lowest BCUT2D eigenvalue weighted by atomic mass is 10.1. The van der Waals surface area contributed by atoms with Gasteiger partial charge in [-0.2, -0.15) is 0 Å².